The number of benzene rings is 1. The van der Waals surface area contributed by atoms with Crippen molar-refractivity contribution in [2.75, 3.05) is 18.1 Å². The molecule has 0 bridgehead atoms. The first-order valence-corrected chi connectivity index (χ1v) is 9.69. The molecular formula is C18H21F2NO2S. The predicted octanol–water partition coefficient (Wildman–Crippen LogP) is 3.24. The fourth-order valence-electron chi connectivity index (χ4n) is 3.95. The predicted molar refractivity (Wildman–Crippen MR) is 89.0 cm³/mol. The molecule has 1 aromatic carbocycles. The number of thioether (sulfide) groups is 1. The number of nitrogens with one attached hydrogen (secondary N) is 1. The Morgan fingerprint density at radius 2 is 2.25 bits per heavy atom. The quantitative estimate of drug-likeness (QED) is 0.907. The largest absolute Gasteiger partial charge is 0.374 e. The van der Waals surface area contributed by atoms with Gasteiger partial charge in [0.1, 0.15) is 11.6 Å². The van der Waals surface area contributed by atoms with Gasteiger partial charge in [0, 0.05) is 30.4 Å². The van der Waals surface area contributed by atoms with E-state index in [2.05, 4.69) is 5.32 Å². The summed E-state index contributed by atoms with van der Waals surface area (Å²) in [6.07, 6.45) is 3.39. The number of halogens is 2. The van der Waals surface area contributed by atoms with Gasteiger partial charge in [-0.25, -0.2) is 8.78 Å². The number of ether oxygens (including phenoxy) is 1. The summed E-state index contributed by atoms with van der Waals surface area (Å²) >= 11 is 1.91. The van der Waals surface area contributed by atoms with Gasteiger partial charge in [0.25, 0.3) is 0 Å². The monoisotopic (exact) mass is 353 g/mol. The van der Waals surface area contributed by atoms with Gasteiger partial charge in [0.15, 0.2) is 0 Å². The van der Waals surface area contributed by atoms with Gasteiger partial charge < -0.3 is 10.1 Å². The summed E-state index contributed by atoms with van der Waals surface area (Å²) in [5, 5.41) is 3.14. The first-order valence-electron chi connectivity index (χ1n) is 8.53. The number of rotatable bonds is 3. The number of amides is 1. The van der Waals surface area contributed by atoms with Crippen molar-refractivity contribution >= 4 is 17.7 Å². The van der Waals surface area contributed by atoms with E-state index in [-0.39, 0.29) is 29.4 Å². The fraction of sp³-hybridized carbons (Fsp3) is 0.611. The van der Waals surface area contributed by atoms with Crippen molar-refractivity contribution in [3.05, 3.63) is 35.4 Å². The zero-order chi connectivity index (χ0) is 16.7. The molecule has 1 amide bonds. The van der Waals surface area contributed by atoms with Crippen LogP contribution in [0.1, 0.15) is 37.2 Å². The van der Waals surface area contributed by atoms with E-state index in [0.717, 1.165) is 36.8 Å². The summed E-state index contributed by atoms with van der Waals surface area (Å²) in [6, 6.07) is 3.75. The third-order valence-corrected chi connectivity index (χ3v) is 6.62. The van der Waals surface area contributed by atoms with Crippen LogP contribution < -0.4 is 5.32 Å². The highest BCUT2D eigenvalue weighted by Gasteiger charge is 2.47. The molecule has 2 saturated heterocycles. The molecule has 4 rings (SSSR count). The van der Waals surface area contributed by atoms with Crippen LogP contribution in [0.15, 0.2) is 18.2 Å². The summed E-state index contributed by atoms with van der Waals surface area (Å²) in [4.78, 5) is 12.5. The van der Waals surface area contributed by atoms with Crippen molar-refractivity contribution in [1.82, 2.24) is 5.32 Å². The fourth-order valence-corrected chi connectivity index (χ4v) is 5.33. The minimum Gasteiger partial charge on any atom is -0.374 e. The molecule has 130 valence electrons. The third-order valence-electron chi connectivity index (χ3n) is 5.40. The Hall–Kier alpha value is -1.14. The van der Waals surface area contributed by atoms with E-state index < -0.39 is 11.6 Å². The Morgan fingerprint density at radius 1 is 1.38 bits per heavy atom. The van der Waals surface area contributed by atoms with Crippen LogP contribution in [0.3, 0.4) is 0 Å². The highest BCUT2D eigenvalue weighted by molar-refractivity contribution is 7.99. The average Bonchev–Trinajstić information content (AvgIpc) is 3.22. The van der Waals surface area contributed by atoms with Gasteiger partial charge >= 0.3 is 0 Å². The number of carbonyl (C=O) groups is 1. The van der Waals surface area contributed by atoms with Gasteiger partial charge in [-0.15, -0.1) is 0 Å². The van der Waals surface area contributed by atoms with Gasteiger partial charge in [-0.2, -0.15) is 11.8 Å². The molecule has 1 N–H and O–H groups in total. The molecule has 0 radical (unpaired) electrons. The van der Waals surface area contributed by atoms with Crippen LogP contribution in [-0.4, -0.2) is 35.7 Å². The average molecular weight is 353 g/mol. The Bertz CT molecular complexity index is 648. The topological polar surface area (TPSA) is 38.3 Å². The highest BCUT2D eigenvalue weighted by atomic mass is 32.2. The van der Waals surface area contributed by atoms with Gasteiger partial charge in [-0.05, 0) is 49.0 Å². The molecule has 3 aliphatic rings. The Morgan fingerprint density at radius 3 is 3.00 bits per heavy atom. The molecule has 6 heteroatoms. The minimum atomic E-state index is -0.583. The molecule has 2 aliphatic heterocycles. The molecule has 1 saturated carbocycles. The van der Waals surface area contributed by atoms with E-state index in [4.69, 9.17) is 4.74 Å². The number of hydrogen-bond acceptors (Lipinski definition) is 3. The molecule has 4 unspecified atom stereocenters. The Balaban J connectivity index is 1.36. The summed E-state index contributed by atoms with van der Waals surface area (Å²) < 4.78 is 32.8. The minimum absolute atomic E-state index is 0.00331. The van der Waals surface area contributed by atoms with Crippen molar-refractivity contribution in [2.45, 2.75) is 43.2 Å². The standard InChI is InChI=1S/C18H21F2NO2S/c19-11-1-2-13(16(20)7-11)14-8-15(14)17(22)21-12-3-5-23-18(9-12)4-6-24-10-18/h1-2,7,12,14-15H,3-6,8-10H2,(H,21,22). The second-order valence-electron chi connectivity index (χ2n) is 7.15. The SMILES string of the molecule is O=C(NC1CCOC2(CCSC2)C1)C1CC1c1ccc(F)cc1F. The second-order valence-corrected chi connectivity index (χ2v) is 8.25. The van der Waals surface area contributed by atoms with Crippen LogP contribution in [0.2, 0.25) is 0 Å². The second kappa shape index (κ2) is 6.30. The molecule has 3 fully saturated rings. The zero-order valence-corrected chi connectivity index (χ0v) is 14.2. The summed E-state index contributed by atoms with van der Waals surface area (Å²) in [5.74, 6) is 0.671. The van der Waals surface area contributed by atoms with Crippen molar-refractivity contribution in [3.8, 4) is 0 Å². The molecule has 1 aliphatic carbocycles. The lowest BCUT2D eigenvalue weighted by Crippen LogP contribution is -2.49. The molecule has 3 nitrogen and oxygen atoms in total. The molecule has 4 atom stereocenters. The molecule has 2 heterocycles. The maximum atomic E-state index is 13.8. The van der Waals surface area contributed by atoms with Gasteiger partial charge in [0.05, 0.1) is 5.60 Å². The molecular weight excluding hydrogens is 332 g/mol. The lowest BCUT2D eigenvalue weighted by molar-refractivity contribution is -0.125. The van der Waals surface area contributed by atoms with Gasteiger partial charge in [0.2, 0.25) is 5.91 Å². The number of hydrogen-bond donors (Lipinski definition) is 1. The van der Waals surface area contributed by atoms with E-state index >= 15 is 0 Å². The van der Waals surface area contributed by atoms with Crippen molar-refractivity contribution < 1.29 is 18.3 Å². The van der Waals surface area contributed by atoms with E-state index in [0.29, 0.717) is 18.6 Å². The van der Waals surface area contributed by atoms with Crippen LogP contribution in [0.25, 0.3) is 0 Å². The molecule has 1 aromatic rings. The van der Waals surface area contributed by atoms with Crippen LogP contribution in [0.4, 0.5) is 8.78 Å². The van der Waals surface area contributed by atoms with E-state index in [9.17, 15) is 13.6 Å². The maximum Gasteiger partial charge on any atom is 0.223 e. The maximum absolute atomic E-state index is 13.8. The van der Waals surface area contributed by atoms with Gasteiger partial charge in [-0.1, -0.05) is 6.07 Å². The van der Waals surface area contributed by atoms with Gasteiger partial charge in [-0.3, -0.25) is 4.79 Å². The lowest BCUT2D eigenvalue weighted by atomic mass is 9.90. The Labute approximate surface area is 144 Å². The highest BCUT2D eigenvalue weighted by Crippen LogP contribution is 2.48. The van der Waals surface area contributed by atoms with Crippen LogP contribution in [-0.2, 0) is 9.53 Å². The summed E-state index contributed by atoms with van der Waals surface area (Å²) in [5.41, 5.74) is 0.388. The van der Waals surface area contributed by atoms with Crippen LogP contribution >= 0.6 is 11.8 Å². The van der Waals surface area contributed by atoms with Crippen molar-refractivity contribution in [1.29, 1.82) is 0 Å². The smallest absolute Gasteiger partial charge is 0.223 e. The lowest BCUT2D eigenvalue weighted by Gasteiger charge is -2.38. The van der Waals surface area contributed by atoms with Crippen molar-refractivity contribution in [3.63, 3.8) is 0 Å². The normalized spacial score (nSPS) is 35.2. The van der Waals surface area contributed by atoms with E-state index in [1.54, 1.807) is 0 Å². The van der Waals surface area contributed by atoms with E-state index in [1.165, 1.54) is 12.1 Å². The van der Waals surface area contributed by atoms with Crippen LogP contribution in [0, 0.1) is 17.6 Å². The summed E-state index contributed by atoms with van der Waals surface area (Å²) in [6.45, 7) is 0.687. The molecule has 0 aromatic heterocycles. The Kier molecular flexibility index (Phi) is 4.29. The summed E-state index contributed by atoms with van der Waals surface area (Å²) in [7, 11) is 0. The van der Waals surface area contributed by atoms with Crippen molar-refractivity contribution in [2.24, 2.45) is 5.92 Å². The first-order chi connectivity index (χ1) is 11.6. The van der Waals surface area contributed by atoms with Crippen LogP contribution in [0.5, 0.6) is 0 Å². The van der Waals surface area contributed by atoms with E-state index in [1.807, 2.05) is 11.8 Å². The third kappa shape index (κ3) is 3.18. The molecule has 1 spiro atoms. The molecule has 24 heavy (non-hydrogen) atoms. The first kappa shape index (κ1) is 16.3. The zero-order valence-electron chi connectivity index (χ0n) is 13.4. The number of carbonyl (C=O) groups excluding carboxylic acids is 1.